The van der Waals surface area contributed by atoms with Crippen LogP contribution >= 0.6 is 0 Å². The maximum absolute atomic E-state index is 11.1. The summed E-state index contributed by atoms with van der Waals surface area (Å²) in [7, 11) is -2.08. The van der Waals surface area contributed by atoms with E-state index in [1.165, 1.54) is 193 Å². The SMILES string of the molecule is CCCCCCCCCCCCCCCCCCOC[C@@H](O)C(OCCCCCCCCCCCCCCCCCC)O[Si](C)(C)C(C)(C)C. The van der Waals surface area contributed by atoms with Gasteiger partial charge in [0.25, 0.3) is 0 Å². The molecule has 0 fully saturated rings. The summed E-state index contributed by atoms with van der Waals surface area (Å²) < 4.78 is 18.7. The van der Waals surface area contributed by atoms with E-state index in [1.54, 1.807) is 0 Å². The summed E-state index contributed by atoms with van der Waals surface area (Å²) >= 11 is 0. The number of hydrogen-bond acceptors (Lipinski definition) is 4. The number of aliphatic hydroxyl groups excluding tert-OH is 1. The first-order valence-electron chi connectivity index (χ1n) is 22.7. The normalized spacial score (nSPS) is 13.7. The van der Waals surface area contributed by atoms with Crippen molar-refractivity contribution in [1.29, 1.82) is 0 Å². The predicted molar refractivity (Wildman–Crippen MR) is 224 cm³/mol. The van der Waals surface area contributed by atoms with Crippen LogP contribution in [0.3, 0.4) is 0 Å². The second kappa shape index (κ2) is 36.1. The fourth-order valence-corrected chi connectivity index (χ4v) is 7.73. The van der Waals surface area contributed by atoms with Crippen molar-refractivity contribution in [3.05, 3.63) is 0 Å². The van der Waals surface area contributed by atoms with Gasteiger partial charge in [-0.3, -0.25) is 0 Å². The summed E-state index contributed by atoms with van der Waals surface area (Å²) in [6, 6.07) is 0. The van der Waals surface area contributed by atoms with Gasteiger partial charge in [-0.2, -0.15) is 0 Å². The van der Waals surface area contributed by atoms with Crippen molar-refractivity contribution in [3.63, 3.8) is 0 Å². The van der Waals surface area contributed by atoms with Crippen LogP contribution in [0.25, 0.3) is 0 Å². The van der Waals surface area contributed by atoms with Crippen LogP contribution in [-0.2, 0) is 13.9 Å². The van der Waals surface area contributed by atoms with Gasteiger partial charge < -0.3 is 19.0 Å². The van der Waals surface area contributed by atoms with Gasteiger partial charge in [-0.25, -0.2) is 0 Å². The highest BCUT2D eigenvalue weighted by molar-refractivity contribution is 6.74. The smallest absolute Gasteiger partial charge is 0.195 e. The molecule has 0 saturated heterocycles. The molecule has 1 unspecified atom stereocenters. The molecule has 2 atom stereocenters. The highest BCUT2D eigenvalue weighted by Gasteiger charge is 2.41. The Bertz CT molecular complexity index is 664. The zero-order valence-corrected chi connectivity index (χ0v) is 36.6. The molecule has 0 aliphatic heterocycles. The lowest BCUT2D eigenvalue weighted by Crippen LogP contribution is -2.49. The quantitative estimate of drug-likeness (QED) is 0.0388. The molecule has 4 nitrogen and oxygen atoms in total. The molecule has 0 aliphatic carbocycles. The van der Waals surface area contributed by atoms with Crippen LogP contribution in [0.15, 0.2) is 0 Å². The van der Waals surface area contributed by atoms with Crippen LogP contribution < -0.4 is 0 Å². The minimum absolute atomic E-state index is 0.0665. The highest BCUT2D eigenvalue weighted by Crippen LogP contribution is 2.38. The van der Waals surface area contributed by atoms with Gasteiger partial charge in [0.15, 0.2) is 14.6 Å². The van der Waals surface area contributed by atoms with E-state index in [0.29, 0.717) is 13.2 Å². The number of aliphatic hydroxyl groups is 1. The van der Waals surface area contributed by atoms with Crippen molar-refractivity contribution < 1.29 is 19.0 Å². The minimum atomic E-state index is -2.08. The molecule has 0 rings (SSSR count). The lowest BCUT2D eigenvalue weighted by Gasteiger charge is -2.40. The standard InChI is InChI=1S/C45H94O4Si/c1-8-10-12-14-16-18-20-22-24-26-28-30-32-34-36-38-40-47-42-43(46)44(49-50(6,7)45(3,4)5)48-41-39-37-35-33-31-29-27-25-23-21-19-17-15-13-11-9-2/h43-44,46H,8-42H2,1-7H3/t43-,44?/m1/s1. The van der Waals surface area contributed by atoms with E-state index in [2.05, 4.69) is 47.7 Å². The third-order valence-corrected chi connectivity index (χ3v) is 15.7. The number of ether oxygens (including phenoxy) is 2. The third kappa shape index (κ3) is 32.7. The van der Waals surface area contributed by atoms with Crippen molar-refractivity contribution in [3.8, 4) is 0 Å². The molecule has 0 aromatic carbocycles. The summed E-state index contributed by atoms with van der Waals surface area (Å²) in [6.07, 6.45) is 42.4. The highest BCUT2D eigenvalue weighted by atomic mass is 28.4. The molecule has 0 saturated carbocycles. The van der Waals surface area contributed by atoms with Crippen molar-refractivity contribution >= 4 is 8.32 Å². The molecule has 0 aromatic rings. The summed E-state index contributed by atoms with van der Waals surface area (Å²) in [5.74, 6) is 0. The molecule has 0 amide bonds. The Labute approximate surface area is 316 Å². The average molecular weight is 727 g/mol. The van der Waals surface area contributed by atoms with Gasteiger partial charge in [0.05, 0.1) is 6.61 Å². The fourth-order valence-electron chi connectivity index (χ4n) is 6.58. The molecule has 0 bridgehead atoms. The van der Waals surface area contributed by atoms with E-state index in [-0.39, 0.29) is 11.6 Å². The van der Waals surface area contributed by atoms with Gasteiger partial charge in [-0.1, -0.05) is 227 Å². The Morgan fingerprint density at radius 1 is 0.440 bits per heavy atom. The first-order valence-corrected chi connectivity index (χ1v) is 25.6. The lowest BCUT2D eigenvalue weighted by molar-refractivity contribution is -0.168. The maximum Gasteiger partial charge on any atom is 0.195 e. The largest absolute Gasteiger partial charge is 0.390 e. The third-order valence-electron chi connectivity index (χ3n) is 11.2. The fraction of sp³-hybridized carbons (Fsp3) is 1.00. The van der Waals surface area contributed by atoms with Gasteiger partial charge in [0.1, 0.15) is 6.10 Å². The average Bonchev–Trinajstić information content (AvgIpc) is 3.07. The number of hydrogen-bond donors (Lipinski definition) is 1. The summed E-state index contributed by atoms with van der Waals surface area (Å²) in [5.41, 5.74) is 0. The van der Waals surface area contributed by atoms with E-state index < -0.39 is 20.7 Å². The summed E-state index contributed by atoms with van der Waals surface area (Å²) in [4.78, 5) is 0. The van der Waals surface area contributed by atoms with Gasteiger partial charge in [0.2, 0.25) is 0 Å². The zero-order valence-electron chi connectivity index (χ0n) is 35.6. The van der Waals surface area contributed by atoms with E-state index in [1.807, 2.05) is 0 Å². The first kappa shape index (κ1) is 50.1. The Kier molecular flexibility index (Phi) is 36.1. The van der Waals surface area contributed by atoms with Gasteiger partial charge in [0, 0.05) is 13.2 Å². The number of rotatable bonds is 40. The lowest BCUT2D eigenvalue weighted by atomic mass is 10.0. The second-order valence-corrected chi connectivity index (χ2v) is 22.1. The number of unbranched alkanes of at least 4 members (excludes halogenated alkanes) is 30. The molecule has 302 valence electrons. The zero-order chi connectivity index (χ0) is 37.0. The van der Waals surface area contributed by atoms with Crippen LogP contribution in [0.2, 0.25) is 18.1 Å². The molecule has 0 aromatic heterocycles. The van der Waals surface area contributed by atoms with Crippen molar-refractivity contribution in [2.24, 2.45) is 0 Å². The predicted octanol–water partition coefficient (Wildman–Crippen LogP) is 15.3. The first-order chi connectivity index (χ1) is 24.2. The molecular formula is C45H94O4Si. The van der Waals surface area contributed by atoms with Crippen LogP contribution in [-0.4, -0.2) is 45.6 Å². The molecule has 0 heterocycles. The van der Waals surface area contributed by atoms with Crippen LogP contribution in [0.4, 0.5) is 0 Å². The molecule has 0 radical (unpaired) electrons. The maximum atomic E-state index is 11.1. The van der Waals surface area contributed by atoms with E-state index in [9.17, 15) is 5.11 Å². The molecule has 50 heavy (non-hydrogen) atoms. The Morgan fingerprint density at radius 2 is 0.720 bits per heavy atom. The molecular weight excluding hydrogens is 633 g/mol. The van der Waals surface area contributed by atoms with E-state index in [0.717, 1.165) is 12.8 Å². The van der Waals surface area contributed by atoms with Crippen LogP contribution in [0.1, 0.15) is 240 Å². The van der Waals surface area contributed by atoms with Crippen LogP contribution in [0.5, 0.6) is 0 Å². The Hall–Kier alpha value is 0.0569. The van der Waals surface area contributed by atoms with E-state index >= 15 is 0 Å². The molecule has 1 N–H and O–H groups in total. The minimum Gasteiger partial charge on any atom is -0.390 e. The van der Waals surface area contributed by atoms with Gasteiger partial charge in [-0.05, 0) is 31.0 Å². The van der Waals surface area contributed by atoms with Gasteiger partial charge >= 0.3 is 0 Å². The van der Waals surface area contributed by atoms with Crippen LogP contribution in [0, 0.1) is 0 Å². The Balaban J connectivity index is 3.95. The van der Waals surface area contributed by atoms with Crippen molar-refractivity contribution in [1.82, 2.24) is 0 Å². The van der Waals surface area contributed by atoms with Crippen molar-refractivity contribution in [2.75, 3.05) is 19.8 Å². The molecule has 0 spiro atoms. The monoisotopic (exact) mass is 727 g/mol. The summed E-state index contributed by atoms with van der Waals surface area (Å²) in [6.45, 7) is 17.4. The van der Waals surface area contributed by atoms with E-state index in [4.69, 9.17) is 13.9 Å². The van der Waals surface area contributed by atoms with Gasteiger partial charge in [-0.15, -0.1) is 0 Å². The topological polar surface area (TPSA) is 47.9 Å². The van der Waals surface area contributed by atoms with Crippen molar-refractivity contribution in [2.45, 2.75) is 271 Å². The molecule has 0 aliphatic rings. The summed E-state index contributed by atoms with van der Waals surface area (Å²) in [5, 5.41) is 11.1. The second-order valence-electron chi connectivity index (χ2n) is 17.4. The Morgan fingerprint density at radius 3 is 1.02 bits per heavy atom. The molecule has 5 heteroatoms.